The van der Waals surface area contributed by atoms with Crippen LogP contribution in [0.15, 0.2) is 39.9 Å². The Morgan fingerprint density at radius 1 is 1.18 bits per heavy atom. The number of guanidine groups is 1. The Hall–Kier alpha value is -1.81. The fourth-order valence-corrected chi connectivity index (χ4v) is 3.80. The predicted octanol–water partition coefficient (Wildman–Crippen LogP) is 4.57. The lowest BCUT2D eigenvalue weighted by atomic mass is 9.94. The summed E-state index contributed by atoms with van der Waals surface area (Å²) in [6.07, 6.45) is 4.19. The first-order valence-electron chi connectivity index (χ1n) is 11.7. The summed E-state index contributed by atoms with van der Waals surface area (Å²) in [6, 6.07) is 8.39. The van der Waals surface area contributed by atoms with E-state index in [1.807, 2.05) is 18.3 Å². The van der Waals surface area contributed by atoms with E-state index in [1.165, 1.54) is 18.4 Å². The molecule has 0 atom stereocenters. The van der Waals surface area contributed by atoms with Gasteiger partial charge in [0.05, 0.1) is 13.3 Å². The molecule has 33 heavy (non-hydrogen) atoms. The number of nitrogens with zero attached hydrogens (tertiary/aromatic N) is 3. The largest absolute Gasteiger partial charge is 0.497 e. The van der Waals surface area contributed by atoms with Gasteiger partial charge >= 0.3 is 0 Å². The summed E-state index contributed by atoms with van der Waals surface area (Å²) < 4.78 is 11.1. The number of aromatic nitrogens is 1. The van der Waals surface area contributed by atoms with Crippen molar-refractivity contribution in [2.24, 2.45) is 10.9 Å². The van der Waals surface area contributed by atoms with E-state index >= 15 is 0 Å². The maximum Gasteiger partial charge on any atom is 0.216 e. The third kappa shape index (κ3) is 8.81. The molecule has 2 heterocycles. The molecule has 0 spiro atoms. The maximum absolute atomic E-state index is 5.86. The zero-order valence-corrected chi connectivity index (χ0v) is 23.0. The fraction of sp³-hybridized carbons (Fsp3) is 0.600. The van der Waals surface area contributed by atoms with Crippen LogP contribution in [0.5, 0.6) is 5.75 Å². The average molecular weight is 570 g/mol. The Kier molecular flexibility index (Phi) is 11.0. The van der Waals surface area contributed by atoms with Gasteiger partial charge in [-0.2, -0.15) is 0 Å². The van der Waals surface area contributed by atoms with Gasteiger partial charge in [-0.15, -0.1) is 24.0 Å². The molecule has 3 rings (SSSR count). The number of halogens is 1. The van der Waals surface area contributed by atoms with Crippen LogP contribution in [-0.4, -0.2) is 49.1 Å². The molecule has 1 fully saturated rings. The van der Waals surface area contributed by atoms with Crippen LogP contribution in [0.4, 0.5) is 0 Å². The Morgan fingerprint density at radius 2 is 1.88 bits per heavy atom. The third-order valence-electron chi connectivity index (χ3n) is 5.84. The van der Waals surface area contributed by atoms with Crippen LogP contribution in [0.3, 0.4) is 0 Å². The molecule has 1 aromatic heterocycles. The molecular formula is C25H40IN5O2. The van der Waals surface area contributed by atoms with Crippen LogP contribution >= 0.6 is 24.0 Å². The van der Waals surface area contributed by atoms with Gasteiger partial charge in [0.15, 0.2) is 5.96 Å². The van der Waals surface area contributed by atoms with E-state index in [4.69, 9.17) is 9.15 Å². The lowest BCUT2D eigenvalue weighted by molar-refractivity contribution is 0.178. The number of aliphatic imine (C=N–C) groups is 1. The summed E-state index contributed by atoms with van der Waals surface area (Å²) in [5, 5.41) is 6.84. The minimum Gasteiger partial charge on any atom is -0.497 e. The highest BCUT2D eigenvalue weighted by Gasteiger charge is 2.20. The van der Waals surface area contributed by atoms with Crippen LogP contribution in [0, 0.1) is 5.92 Å². The first-order valence-corrected chi connectivity index (χ1v) is 11.7. The summed E-state index contributed by atoms with van der Waals surface area (Å²) in [5.74, 6) is 3.93. The van der Waals surface area contributed by atoms with Crippen molar-refractivity contribution in [2.75, 3.05) is 33.3 Å². The van der Waals surface area contributed by atoms with Gasteiger partial charge in [-0.1, -0.05) is 32.9 Å². The molecule has 184 valence electrons. The van der Waals surface area contributed by atoms with Crippen LogP contribution in [0.25, 0.3) is 0 Å². The quantitative estimate of drug-likeness (QED) is 0.276. The standard InChI is InChI=1S/C25H39N5O2.HI/c1-6-26-24(29-17-23-27-16-22(32-23)25(2,3)4)28-15-19-11-13-30(14-12-19)18-20-7-9-21(31-5)10-8-20;/h7-10,16,19H,6,11-15,17-18H2,1-5H3,(H2,26,28,29);1H. The van der Waals surface area contributed by atoms with Crippen molar-refractivity contribution in [1.82, 2.24) is 20.5 Å². The van der Waals surface area contributed by atoms with Crippen molar-refractivity contribution >= 4 is 29.9 Å². The molecule has 1 saturated heterocycles. The van der Waals surface area contributed by atoms with Gasteiger partial charge in [-0.25, -0.2) is 9.98 Å². The first kappa shape index (κ1) is 27.4. The highest BCUT2D eigenvalue weighted by atomic mass is 127. The summed E-state index contributed by atoms with van der Waals surface area (Å²) in [6.45, 7) is 13.9. The summed E-state index contributed by atoms with van der Waals surface area (Å²) >= 11 is 0. The van der Waals surface area contributed by atoms with Gasteiger partial charge in [0.1, 0.15) is 18.1 Å². The van der Waals surface area contributed by atoms with Gasteiger partial charge in [-0.05, 0) is 56.5 Å². The van der Waals surface area contributed by atoms with Gasteiger partial charge in [0.25, 0.3) is 0 Å². The molecule has 0 radical (unpaired) electrons. The number of piperidine rings is 1. The molecule has 1 aromatic carbocycles. The van der Waals surface area contributed by atoms with Crippen molar-refractivity contribution < 1.29 is 9.15 Å². The summed E-state index contributed by atoms with van der Waals surface area (Å²) in [4.78, 5) is 11.6. The van der Waals surface area contributed by atoms with Gasteiger partial charge in [0.2, 0.25) is 5.89 Å². The Morgan fingerprint density at radius 3 is 2.45 bits per heavy atom. The van der Waals surface area contributed by atoms with Gasteiger partial charge in [0, 0.05) is 25.0 Å². The number of benzene rings is 1. The van der Waals surface area contributed by atoms with Crippen LogP contribution in [0.1, 0.15) is 57.8 Å². The lowest BCUT2D eigenvalue weighted by Gasteiger charge is -2.32. The number of nitrogens with one attached hydrogen (secondary N) is 2. The topological polar surface area (TPSA) is 74.9 Å². The molecule has 0 amide bonds. The number of ether oxygens (including phenoxy) is 1. The first-order chi connectivity index (χ1) is 15.4. The van der Waals surface area contributed by atoms with Crippen molar-refractivity contribution in [3.63, 3.8) is 0 Å². The summed E-state index contributed by atoms with van der Waals surface area (Å²) in [7, 11) is 1.71. The number of likely N-dealkylation sites (tertiary alicyclic amines) is 1. The van der Waals surface area contributed by atoms with Crippen molar-refractivity contribution in [3.05, 3.63) is 47.7 Å². The maximum atomic E-state index is 5.86. The highest BCUT2D eigenvalue weighted by molar-refractivity contribution is 14.0. The molecule has 2 N–H and O–H groups in total. The Balaban J connectivity index is 0.00000385. The van der Waals surface area contributed by atoms with Crippen LogP contribution in [-0.2, 0) is 18.5 Å². The molecular weight excluding hydrogens is 529 g/mol. The van der Waals surface area contributed by atoms with Crippen LogP contribution < -0.4 is 15.4 Å². The van der Waals surface area contributed by atoms with Crippen molar-refractivity contribution in [3.8, 4) is 5.75 Å². The minimum absolute atomic E-state index is 0. The van der Waals surface area contributed by atoms with E-state index in [-0.39, 0.29) is 29.4 Å². The third-order valence-corrected chi connectivity index (χ3v) is 5.84. The van der Waals surface area contributed by atoms with Gasteiger partial charge in [-0.3, -0.25) is 4.90 Å². The number of hydrogen-bond acceptors (Lipinski definition) is 5. The molecule has 0 saturated carbocycles. The second-order valence-corrected chi connectivity index (χ2v) is 9.51. The van der Waals surface area contributed by atoms with Gasteiger partial charge < -0.3 is 19.8 Å². The number of rotatable bonds is 8. The van der Waals surface area contributed by atoms with E-state index in [0.29, 0.717) is 18.4 Å². The average Bonchev–Trinajstić information content (AvgIpc) is 3.27. The normalized spacial score (nSPS) is 15.7. The fourth-order valence-electron chi connectivity index (χ4n) is 3.80. The number of hydrogen-bond donors (Lipinski definition) is 2. The SMILES string of the molecule is CCNC(=NCc1ncc(C(C)(C)C)o1)NCC1CCN(Cc2ccc(OC)cc2)CC1.I. The molecule has 0 aliphatic carbocycles. The molecule has 1 aliphatic rings. The molecule has 0 bridgehead atoms. The van der Waals surface area contributed by atoms with E-state index in [1.54, 1.807) is 7.11 Å². The van der Waals surface area contributed by atoms with Crippen molar-refractivity contribution in [2.45, 2.75) is 59.0 Å². The molecule has 7 nitrogen and oxygen atoms in total. The Labute approximate surface area is 215 Å². The Bertz CT molecular complexity index is 852. The zero-order chi connectivity index (χ0) is 23.0. The van der Waals surface area contributed by atoms with E-state index < -0.39 is 0 Å². The number of methoxy groups -OCH3 is 1. The molecule has 0 unspecified atom stereocenters. The van der Waals surface area contributed by atoms with E-state index in [9.17, 15) is 0 Å². The van der Waals surface area contributed by atoms with E-state index in [2.05, 4.69) is 65.3 Å². The molecule has 2 aromatic rings. The second kappa shape index (κ2) is 13.2. The second-order valence-electron chi connectivity index (χ2n) is 9.51. The van der Waals surface area contributed by atoms with E-state index in [0.717, 1.165) is 50.2 Å². The highest BCUT2D eigenvalue weighted by Crippen LogP contribution is 2.23. The van der Waals surface area contributed by atoms with Crippen molar-refractivity contribution in [1.29, 1.82) is 0 Å². The summed E-state index contributed by atoms with van der Waals surface area (Å²) in [5.41, 5.74) is 1.30. The number of oxazole rings is 1. The smallest absolute Gasteiger partial charge is 0.216 e. The molecule has 1 aliphatic heterocycles. The molecule has 8 heteroatoms. The monoisotopic (exact) mass is 569 g/mol. The zero-order valence-electron chi connectivity index (χ0n) is 20.7. The minimum atomic E-state index is -0.0417. The predicted molar refractivity (Wildman–Crippen MR) is 144 cm³/mol. The van der Waals surface area contributed by atoms with Crippen LogP contribution in [0.2, 0.25) is 0 Å². The lowest BCUT2D eigenvalue weighted by Crippen LogP contribution is -2.42.